The van der Waals surface area contributed by atoms with Crippen LogP contribution in [-0.2, 0) is 13.0 Å². The van der Waals surface area contributed by atoms with Crippen LogP contribution in [0, 0.1) is 0 Å². The van der Waals surface area contributed by atoms with Gasteiger partial charge < -0.3 is 5.11 Å². The predicted octanol–water partition coefficient (Wildman–Crippen LogP) is 2.23. The molecule has 1 aromatic carbocycles. The standard InChI is InChI=1S/C14H21NO/c1-3-9-15(10-11-16)12-14-7-5-13(4-2)6-8-14/h3,5-8,16H,1,4,9-12H2,2H3. The minimum atomic E-state index is 0.195. The maximum Gasteiger partial charge on any atom is 0.0558 e. The molecule has 0 radical (unpaired) electrons. The molecule has 0 heterocycles. The number of benzene rings is 1. The number of nitrogens with zero attached hydrogens (tertiary/aromatic N) is 1. The maximum absolute atomic E-state index is 8.95. The molecule has 0 aliphatic heterocycles. The fourth-order valence-corrected chi connectivity index (χ4v) is 1.70. The SMILES string of the molecule is C=CCN(CCO)Cc1ccc(CC)cc1. The van der Waals surface area contributed by atoms with Crippen LogP contribution >= 0.6 is 0 Å². The maximum atomic E-state index is 8.95. The molecule has 1 N–H and O–H groups in total. The number of aliphatic hydroxyl groups excluding tert-OH is 1. The summed E-state index contributed by atoms with van der Waals surface area (Å²) in [5, 5.41) is 8.95. The number of hydrogen-bond acceptors (Lipinski definition) is 2. The van der Waals surface area contributed by atoms with E-state index in [-0.39, 0.29) is 6.61 Å². The Bertz CT molecular complexity index is 305. The van der Waals surface area contributed by atoms with Gasteiger partial charge in [0.2, 0.25) is 0 Å². The number of aliphatic hydroxyl groups is 1. The largest absolute Gasteiger partial charge is 0.395 e. The molecule has 2 nitrogen and oxygen atoms in total. The Kier molecular flexibility index (Phi) is 5.83. The quantitative estimate of drug-likeness (QED) is 0.711. The Morgan fingerprint density at radius 1 is 1.25 bits per heavy atom. The normalized spacial score (nSPS) is 10.7. The molecule has 88 valence electrons. The van der Waals surface area contributed by atoms with E-state index in [0.29, 0.717) is 6.54 Å². The third-order valence-electron chi connectivity index (χ3n) is 2.64. The third kappa shape index (κ3) is 4.17. The molecule has 0 aromatic heterocycles. The van der Waals surface area contributed by atoms with E-state index in [1.807, 2.05) is 6.08 Å². The Labute approximate surface area is 98.2 Å². The zero-order valence-electron chi connectivity index (χ0n) is 10.0. The molecule has 0 amide bonds. The van der Waals surface area contributed by atoms with E-state index < -0.39 is 0 Å². The predicted molar refractivity (Wildman–Crippen MR) is 68.4 cm³/mol. The highest BCUT2D eigenvalue weighted by atomic mass is 16.3. The van der Waals surface area contributed by atoms with Crippen LogP contribution < -0.4 is 0 Å². The van der Waals surface area contributed by atoms with E-state index >= 15 is 0 Å². The Hall–Kier alpha value is -1.12. The summed E-state index contributed by atoms with van der Waals surface area (Å²) in [4.78, 5) is 2.17. The summed E-state index contributed by atoms with van der Waals surface area (Å²) in [6.07, 6.45) is 2.95. The van der Waals surface area contributed by atoms with Crippen LogP contribution in [0.2, 0.25) is 0 Å². The zero-order chi connectivity index (χ0) is 11.8. The molecule has 0 unspecified atom stereocenters. The first kappa shape index (κ1) is 12.9. The summed E-state index contributed by atoms with van der Waals surface area (Å²) in [7, 11) is 0. The fourth-order valence-electron chi connectivity index (χ4n) is 1.70. The fraction of sp³-hybridized carbons (Fsp3) is 0.429. The van der Waals surface area contributed by atoms with Crippen molar-refractivity contribution in [2.45, 2.75) is 19.9 Å². The lowest BCUT2D eigenvalue weighted by molar-refractivity contribution is 0.203. The highest BCUT2D eigenvalue weighted by molar-refractivity contribution is 5.22. The van der Waals surface area contributed by atoms with E-state index in [0.717, 1.165) is 19.5 Å². The van der Waals surface area contributed by atoms with E-state index in [4.69, 9.17) is 5.11 Å². The van der Waals surface area contributed by atoms with Gasteiger partial charge >= 0.3 is 0 Å². The molecule has 0 spiro atoms. The van der Waals surface area contributed by atoms with Crippen molar-refractivity contribution >= 4 is 0 Å². The summed E-state index contributed by atoms with van der Waals surface area (Å²) >= 11 is 0. The molecule has 16 heavy (non-hydrogen) atoms. The van der Waals surface area contributed by atoms with Gasteiger partial charge in [-0.1, -0.05) is 37.3 Å². The van der Waals surface area contributed by atoms with Crippen molar-refractivity contribution in [3.8, 4) is 0 Å². The van der Waals surface area contributed by atoms with Gasteiger partial charge in [-0.2, -0.15) is 0 Å². The van der Waals surface area contributed by atoms with Gasteiger partial charge in [-0.15, -0.1) is 6.58 Å². The average molecular weight is 219 g/mol. The first-order valence-electron chi connectivity index (χ1n) is 5.82. The van der Waals surface area contributed by atoms with Crippen LogP contribution in [0.3, 0.4) is 0 Å². The van der Waals surface area contributed by atoms with E-state index in [2.05, 4.69) is 42.7 Å². The third-order valence-corrected chi connectivity index (χ3v) is 2.64. The van der Waals surface area contributed by atoms with Crippen molar-refractivity contribution < 1.29 is 5.11 Å². The van der Waals surface area contributed by atoms with Crippen molar-refractivity contribution in [3.05, 3.63) is 48.0 Å². The second-order valence-corrected chi connectivity index (χ2v) is 3.92. The van der Waals surface area contributed by atoms with Crippen molar-refractivity contribution in [1.82, 2.24) is 4.90 Å². The van der Waals surface area contributed by atoms with Gasteiger partial charge in [0.1, 0.15) is 0 Å². The summed E-state index contributed by atoms with van der Waals surface area (Å²) in [6, 6.07) is 8.65. The van der Waals surface area contributed by atoms with Crippen LogP contribution in [0.5, 0.6) is 0 Å². The van der Waals surface area contributed by atoms with E-state index in [9.17, 15) is 0 Å². The van der Waals surface area contributed by atoms with Gasteiger partial charge in [0.05, 0.1) is 6.61 Å². The summed E-state index contributed by atoms with van der Waals surface area (Å²) < 4.78 is 0. The van der Waals surface area contributed by atoms with E-state index in [1.54, 1.807) is 0 Å². The van der Waals surface area contributed by atoms with Gasteiger partial charge in [0.15, 0.2) is 0 Å². The molecular formula is C14H21NO. The van der Waals surface area contributed by atoms with Gasteiger partial charge in [-0.3, -0.25) is 4.90 Å². The summed E-state index contributed by atoms with van der Waals surface area (Å²) in [5.41, 5.74) is 2.65. The molecule has 2 heteroatoms. The van der Waals surface area contributed by atoms with Gasteiger partial charge in [-0.25, -0.2) is 0 Å². The smallest absolute Gasteiger partial charge is 0.0558 e. The van der Waals surface area contributed by atoms with Crippen molar-refractivity contribution in [3.63, 3.8) is 0 Å². The highest BCUT2D eigenvalue weighted by Gasteiger charge is 2.03. The monoisotopic (exact) mass is 219 g/mol. The van der Waals surface area contributed by atoms with Gasteiger partial charge in [0, 0.05) is 19.6 Å². The highest BCUT2D eigenvalue weighted by Crippen LogP contribution is 2.08. The topological polar surface area (TPSA) is 23.5 Å². The van der Waals surface area contributed by atoms with Crippen molar-refractivity contribution in [2.24, 2.45) is 0 Å². The molecule has 0 aliphatic rings. The van der Waals surface area contributed by atoms with Crippen molar-refractivity contribution in [1.29, 1.82) is 0 Å². The molecule has 0 fully saturated rings. The molecule has 0 bridgehead atoms. The van der Waals surface area contributed by atoms with Gasteiger partial charge in [-0.05, 0) is 17.5 Å². The number of rotatable bonds is 7. The molecule has 0 aliphatic carbocycles. The summed E-state index contributed by atoms with van der Waals surface area (Å²) in [5.74, 6) is 0. The lowest BCUT2D eigenvalue weighted by atomic mass is 10.1. The molecule has 0 atom stereocenters. The van der Waals surface area contributed by atoms with Crippen LogP contribution in [0.1, 0.15) is 18.1 Å². The molecule has 1 aromatic rings. The molecule has 0 saturated heterocycles. The molecule has 0 saturated carbocycles. The van der Waals surface area contributed by atoms with Crippen LogP contribution in [0.4, 0.5) is 0 Å². The molecule has 1 rings (SSSR count). The van der Waals surface area contributed by atoms with Crippen LogP contribution in [0.25, 0.3) is 0 Å². The Balaban J connectivity index is 2.58. The van der Waals surface area contributed by atoms with Gasteiger partial charge in [0.25, 0.3) is 0 Å². The lowest BCUT2D eigenvalue weighted by Gasteiger charge is -2.19. The average Bonchev–Trinajstić information content (AvgIpc) is 2.31. The zero-order valence-corrected chi connectivity index (χ0v) is 10.0. The first-order valence-corrected chi connectivity index (χ1v) is 5.82. The number of hydrogen-bond donors (Lipinski definition) is 1. The minimum absolute atomic E-state index is 0.195. The van der Waals surface area contributed by atoms with Crippen molar-refractivity contribution in [2.75, 3.05) is 19.7 Å². The minimum Gasteiger partial charge on any atom is -0.395 e. The molecular weight excluding hydrogens is 198 g/mol. The van der Waals surface area contributed by atoms with E-state index in [1.165, 1.54) is 11.1 Å². The van der Waals surface area contributed by atoms with Crippen LogP contribution in [-0.4, -0.2) is 29.7 Å². The van der Waals surface area contributed by atoms with Crippen LogP contribution in [0.15, 0.2) is 36.9 Å². The Morgan fingerprint density at radius 3 is 2.38 bits per heavy atom. The summed E-state index contributed by atoms with van der Waals surface area (Å²) in [6.45, 7) is 8.46. The second kappa shape index (κ2) is 7.20. The Morgan fingerprint density at radius 2 is 1.88 bits per heavy atom. The first-order chi connectivity index (χ1) is 7.80. The number of aryl methyl sites for hydroxylation is 1. The lowest BCUT2D eigenvalue weighted by Crippen LogP contribution is -2.26. The second-order valence-electron chi connectivity index (χ2n) is 3.92.